The van der Waals surface area contributed by atoms with E-state index in [1.165, 1.54) is 14.2 Å². The Kier molecular flexibility index (Phi) is 6.32. The minimum Gasteiger partial charge on any atom is -0.469 e. The Balaban J connectivity index is 2.43. The van der Waals surface area contributed by atoms with Crippen LogP contribution in [0.1, 0.15) is 11.1 Å². The normalized spacial score (nSPS) is 12.3. The van der Waals surface area contributed by atoms with Gasteiger partial charge in [-0.05, 0) is 23.6 Å². The van der Waals surface area contributed by atoms with Gasteiger partial charge in [0, 0.05) is 0 Å². The fraction of sp³-hybridized carbons (Fsp3) is 0.200. The molecule has 2 rings (SSSR count). The lowest BCUT2D eigenvalue weighted by Gasteiger charge is -2.17. The van der Waals surface area contributed by atoms with E-state index in [-0.39, 0.29) is 5.57 Å². The first kappa shape index (κ1) is 17.5. The van der Waals surface area contributed by atoms with Gasteiger partial charge in [-0.3, -0.25) is 4.79 Å². The van der Waals surface area contributed by atoms with Gasteiger partial charge >= 0.3 is 11.9 Å². The number of carbonyl (C=O) groups excluding carboxylic acids is 2. The predicted octanol–water partition coefficient (Wildman–Crippen LogP) is 3.27. The quantitative estimate of drug-likeness (QED) is 0.604. The molecule has 2 aromatic rings. The summed E-state index contributed by atoms with van der Waals surface area (Å²) in [5, 5.41) is 0. The fourth-order valence-electron chi connectivity index (χ4n) is 2.46. The first-order chi connectivity index (χ1) is 11.7. The Hall–Kier alpha value is -2.88. The zero-order valence-electron chi connectivity index (χ0n) is 13.8. The SMILES string of the molecule is COC(=O)/C(=C/c1ccccc1)C(Cc1ccccc1)C(=O)OC. The average Bonchev–Trinajstić information content (AvgIpc) is 2.65. The van der Waals surface area contributed by atoms with Crippen LogP contribution in [0, 0.1) is 5.92 Å². The van der Waals surface area contributed by atoms with Gasteiger partial charge in [-0.2, -0.15) is 0 Å². The third-order valence-electron chi connectivity index (χ3n) is 3.69. The van der Waals surface area contributed by atoms with Crippen molar-refractivity contribution in [3.8, 4) is 0 Å². The second kappa shape index (κ2) is 8.67. The smallest absolute Gasteiger partial charge is 0.334 e. The molecule has 124 valence electrons. The molecule has 0 N–H and O–H groups in total. The monoisotopic (exact) mass is 324 g/mol. The second-order valence-corrected chi connectivity index (χ2v) is 5.27. The molecule has 1 atom stereocenters. The molecule has 0 aliphatic carbocycles. The van der Waals surface area contributed by atoms with Crippen molar-refractivity contribution in [2.45, 2.75) is 6.42 Å². The maximum atomic E-state index is 12.3. The summed E-state index contributed by atoms with van der Waals surface area (Å²) in [4.78, 5) is 24.6. The first-order valence-electron chi connectivity index (χ1n) is 7.62. The van der Waals surface area contributed by atoms with Crippen molar-refractivity contribution in [2.75, 3.05) is 14.2 Å². The van der Waals surface area contributed by atoms with E-state index in [2.05, 4.69) is 0 Å². The van der Waals surface area contributed by atoms with Gasteiger partial charge in [0.15, 0.2) is 0 Å². The van der Waals surface area contributed by atoms with E-state index in [4.69, 9.17) is 9.47 Å². The molecule has 4 nitrogen and oxygen atoms in total. The first-order valence-corrected chi connectivity index (χ1v) is 7.62. The molecule has 0 aliphatic rings. The Bertz CT molecular complexity index is 705. The van der Waals surface area contributed by atoms with Crippen molar-refractivity contribution in [1.29, 1.82) is 0 Å². The molecule has 0 amide bonds. The third-order valence-corrected chi connectivity index (χ3v) is 3.69. The highest BCUT2D eigenvalue weighted by atomic mass is 16.5. The van der Waals surface area contributed by atoms with Crippen LogP contribution >= 0.6 is 0 Å². The molecule has 0 aliphatic heterocycles. The Labute approximate surface area is 141 Å². The van der Waals surface area contributed by atoms with E-state index < -0.39 is 17.9 Å². The number of methoxy groups -OCH3 is 2. The molecule has 2 aromatic carbocycles. The molecular weight excluding hydrogens is 304 g/mol. The molecule has 4 heteroatoms. The van der Waals surface area contributed by atoms with Gasteiger partial charge in [0.25, 0.3) is 0 Å². The van der Waals surface area contributed by atoms with E-state index in [9.17, 15) is 9.59 Å². The summed E-state index contributed by atoms with van der Waals surface area (Å²) in [5.41, 5.74) is 2.04. The second-order valence-electron chi connectivity index (χ2n) is 5.27. The molecule has 0 saturated heterocycles. The number of ether oxygens (including phenoxy) is 2. The van der Waals surface area contributed by atoms with Crippen molar-refractivity contribution in [1.82, 2.24) is 0 Å². The lowest BCUT2D eigenvalue weighted by atomic mass is 9.90. The number of esters is 2. The number of rotatable bonds is 6. The lowest BCUT2D eigenvalue weighted by Crippen LogP contribution is -2.26. The summed E-state index contributed by atoms with van der Waals surface area (Å²) < 4.78 is 9.79. The molecule has 0 spiro atoms. The summed E-state index contributed by atoms with van der Waals surface area (Å²) in [6, 6.07) is 18.8. The van der Waals surface area contributed by atoms with Gasteiger partial charge < -0.3 is 9.47 Å². The summed E-state index contributed by atoms with van der Waals surface area (Å²) >= 11 is 0. The number of hydrogen-bond donors (Lipinski definition) is 0. The van der Waals surface area contributed by atoms with Gasteiger partial charge in [-0.1, -0.05) is 60.7 Å². The van der Waals surface area contributed by atoms with Crippen LogP contribution < -0.4 is 0 Å². The van der Waals surface area contributed by atoms with Crippen molar-refractivity contribution in [2.24, 2.45) is 5.92 Å². The van der Waals surface area contributed by atoms with Crippen molar-refractivity contribution >= 4 is 18.0 Å². The van der Waals surface area contributed by atoms with Crippen LogP contribution in [0.15, 0.2) is 66.2 Å². The molecule has 0 radical (unpaired) electrons. The molecule has 0 heterocycles. The standard InChI is InChI=1S/C20H20O4/c1-23-19(21)17(13-15-9-5-3-6-10-15)18(20(22)24-2)14-16-11-7-4-8-12-16/h3-13,18H,14H2,1-2H3/b17-13+. The lowest BCUT2D eigenvalue weighted by molar-refractivity contribution is -0.147. The van der Waals surface area contributed by atoms with Crippen LogP contribution in [-0.4, -0.2) is 26.2 Å². The number of carbonyl (C=O) groups is 2. The van der Waals surface area contributed by atoms with E-state index in [0.717, 1.165) is 11.1 Å². The highest BCUT2D eigenvalue weighted by molar-refractivity contribution is 5.99. The molecule has 0 fully saturated rings. The van der Waals surface area contributed by atoms with E-state index in [1.54, 1.807) is 6.08 Å². The largest absolute Gasteiger partial charge is 0.469 e. The van der Waals surface area contributed by atoms with E-state index in [1.807, 2.05) is 60.7 Å². The highest BCUT2D eigenvalue weighted by Crippen LogP contribution is 2.23. The molecule has 24 heavy (non-hydrogen) atoms. The van der Waals surface area contributed by atoms with Gasteiger partial charge in [0.2, 0.25) is 0 Å². The molecule has 1 unspecified atom stereocenters. The van der Waals surface area contributed by atoms with Gasteiger partial charge in [-0.15, -0.1) is 0 Å². The number of hydrogen-bond acceptors (Lipinski definition) is 4. The van der Waals surface area contributed by atoms with Crippen LogP contribution in [0.25, 0.3) is 6.08 Å². The highest BCUT2D eigenvalue weighted by Gasteiger charge is 2.29. The zero-order valence-corrected chi connectivity index (χ0v) is 13.8. The summed E-state index contributed by atoms with van der Waals surface area (Å²) in [6.07, 6.45) is 2.04. The molecule has 0 aromatic heterocycles. The minimum atomic E-state index is -0.731. The van der Waals surface area contributed by atoms with Crippen molar-refractivity contribution in [3.63, 3.8) is 0 Å². The summed E-state index contributed by atoms with van der Waals surface area (Å²) in [7, 11) is 2.62. The zero-order chi connectivity index (χ0) is 17.4. The fourth-order valence-corrected chi connectivity index (χ4v) is 2.46. The van der Waals surface area contributed by atoms with E-state index >= 15 is 0 Å². The minimum absolute atomic E-state index is 0.277. The van der Waals surface area contributed by atoms with Crippen LogP contribution in [0.2, 0.25) is 0 Å². The maximum absolute atomic E-state index is 12.3. The summed E-state index contributed by atoms with van der Waals surface area (Å²) in [6.45, 7) is 0. The van der Waals surface area contributed by atoms with Crippen LogP contribution in [0.4, 0.5) is 0 Å². The third kappa shape index (κ3) is 4.56. The predicted molar refractivity (Wildman–Crippen MR) is 92.1 cm³/mol. The van der Waals surface area contributed by atoms with Gasteiger partial charge in [0.1, 0.15) is 0 Å². The van der Waals surface area contributed by atoms with Crippen molar-refractivity contribution < 1.29 is 19.1 Å². The molecular formula is C20H20O4. The Morgan fingerprint density at radius 2 is 1.50 bits per heavy atom. The molecule has 0 bridgehead atoms. The molecule has 0 saturated carbocycles. The Morgan fingerprint density at radius 3 is 2.04 bits per heavy atom. The van der Waals surface area contributed by atoms with Gasteiger partial charge in [0.05, 0.1) is 25.7 Å². The van der Waals surface area contributed by atoms with E-state index in [0.29, 0.717) is 6.42 Å². The Morgan fingerprint density at radius 1 is 0.917 bits per heavy atom. The van der Waals surface area contributed by atoms with Crippen LogP contribution in [0.3, 0.4) is 0 Å². The number of benzene rings is 2. The topological polar surface area (TPSA) is 52.6 Å². The van der Waals surface area contributed by atoms with Gasteiger partial charge in [-0.25, -0.2) is 4.79 Å². The van der Waals surface area contributed by atoms with Crippen LogP contribution in [-0.2, 0) is 25.5 Å². The van der Waals surface area contributed by atoms with Crippen molar-refractivity contribution in [3.05, 3.63) is 77.4 Å². The summed E-state index contributed by atoms with van der Waals surface area (Å²) in [5.74, 6) is -1.73. The maximum Gasteiger partial charge on any atom is 0.334 e. The average molecular weight is 324 g/mol. The van der Waals surface area contributed by atoms with Crippen LogP contribution in [0.5, 0.6) is 0 Å².